The van der Waals surface area contributed by atoms with Crippen LogP contribution in [0.5, 0.6) is 0 Å². The second-order valence-corrected chi connectivity index (χ2v) is 9.11. The van der Waals surface area contributed by atoms with E-state index in [1.165, 1.54) is 6.20 Å². The first-order chi connectivity index (χ1) is 14.9. The highest BCUT2D eigenvalue weighted by atomic mass is 35.5. The lowest BCUT2D eigenvalue weighted by Gasteiger charge is -2.61. The SMILES string of the molecule is Cc1noc(C23CC(C)C[C@H](C2)N3C(=O)Nc2ccc(C)c(-c3cc(Cl)cnn3)c2)n1. The predicted octanol–water partition coefficient (Wildman–Crippen LogP) is 4.73. The number of urea groups is 1. The van der Waals surface area contributed by atoms with Gasteiger partial charge in [0.05, 0.1) is 16.9 Å². The molecule has 5 rings (SSSR count). The van der Waals surface area contributed by atoms with E-state index >= 15 is 0 Å². The minimum absolute atomic E-state index is 0.161. The number of amides is 2. The minimum Gasteiger partial charge on any atom is -0.337 e. The molecule has 1 N–H and O–H groups in total. The molecule has 2 aromatic heterocycles. The molecule has 0 radical (unpaired) electrons. The Hall–Kier alpha value is -3.00. The molecule has 2 unspecified atom stereocenters. The first-order valence-corrected chi connectivity index (χ1v) is 10.7. The van der Waals surface area contributed by atoms with Crippen molar-refractivity contribution < 1.29 is 9.32 Å². The number of rotatable bonds is 3. The Kier molecular flexibility index (Phi) is 4.69. The summed E-state index contributed by atoms with van der Waals surface area (Å²) in [6, 6.07) is 7.50. The number of aryl methyl sites for hydroxylation is 2. The van der Waals surface area contributed by atoms with Gasteiger partial charge < -0.3 is 14.7 Å². The number of aromatic nitrogens is 4. The third-order valence-electron chi connectivity index (χ3n) is 6.29. The Balaban J connectivity index is 1.43. The van der Waals surface area contributed by atoms with Crippen LogP contribution in [0.25, 0.3) is 11.3 Å². The van der Waals surface area contributed by atoms with Gasteiger partial charge in [-0.1, -0.05) is 29.7 Å². The van der Waals surface area contributed by atoms with Crippen molar-refractivity contribution in [3.8, 4) is 11.3 Å². The molecule has 1 aromatic carbocycles. The highest BCUT2D eigenvalue weighted by molar-refractivity contribution is 6.30. The summed E-state index contributed by atoms with van der Waals surface area (Å²) in [7, 11) is 0. The van der Waals surface area contributed by atoms with Crippen LogP contribution >= 0.6 is 11.6 Å². The third-order valence-corrected chi connectivity index (χ3v) is 6.50. The van der Waals surface area contributed by atoms with E-state index < -0.39 is 5.54 Å². The molecule has 2 fully saturated rings. The average molecular weight is 439 g/mol. The number of likely N-dealkylation sites (tertiary alicyclic amines) is 1. The third kappa shape index (κ3) is 3.35. The Bertz CT molecular complexity index is 1160. The maximum Gasteiger partial charge on any atom is 0.323 e. The van der Waals surface area contributed by atoms with E-state index in [0.717, 1.165) is 30.4 Å². The van der Waals surface area contributed by atoms with Gasteiger partial charge in [-0.15, -0.1) is 0 Å². The summed E-state index contributed by atoms with van der Waals surface area (Å²) in [5, 5.41) is 15.6. The summed E-state index contributed by atoms with van der Waals surface area (Å²) >= 11 is 6.08. The summed E-state index contributed by atoms with van der Waals surface area (Å²) in [5.74, 6) is 1.60. The topological polar surface area (TPSA) is 97.0 Å². The average Bonchev–Trinajstić information content (AvgIpc) is 3.15. The zero-order valence-corrected chi connectivity index (χ0v) is 18.3. The number of piperidine rings is 1. The van der Waals surface area contributed by atoms with E-state index in [1.807, 2.05) is 30.0 Å². The lowest BCUT2D eigenvalue weighted by molar-refractivity contribution is -0.111. The number of benzene rings is 1. The van der Waals surface area contributed by atoms with E-state index in [9.17, 15) is 4.79 Å². The van der Waals surface area contributed by atoms with Gasteiger partial charge in [-0.25, -0.2) is 4.79 Å². The molecule has 2 amide bonds. The number of fused-ring (bicyclic) bond motifs is 2. The van der Waals surface area contributed by atoms with Crippen LogP contribution in [0.1, 0.15) is 43.5 Å². The van der Waals surface area contributed by atoms with Crippen LogP contribution in [-0.2, 0) is 5.54 Å². The first kappa shape index (κ1) is 19.9. The molecule has 1 saturated heterocycles. The van der Waals surface area contributed by atoms with E-state index in [4.69, 9.17) is 16.1 Å². The fraction of sp³-hybridized carbons (Fsp3) is 0.409. The smallest absolute Gasteiger partial charge is 0.323 e. The highest BCUT2D eigenvalue weighted by Gasteiger charge is 2.62. The number of halogens is 1. The lowest BCUT2D eigenvalue weighted by atomic mass is 9.64. The molecule has 1 aliphatic carbocycles. The van der Waals surface area contributed by atoms with Gasteiger partial charge in [0.2, 0.25) is 0 Å². The number of carbonyl (C=O) groups excluding carboxylic acids is 1. The van der Waals surface area contributed by atoms with E-state index in [0.29, 0.717) is 34.0 Å². The van der Waals surface area contributed by atoms with Crippen LogP contribution in [0.3, 0.4) is 0 Å². The molecular weight excluding hydrogens is 416 g/mol. The molecule has 160 valence electrons. The molecule has 9 heteroatoms. The molecule has 2 bridgehead atoms. The van der Waals surface area contributed by atoms with Crippen LogP contribution in [0.2, 0.25) is 5.02 Å². The van der Waals surface area contributed by atoms with Crippen LogP contribution in [0.15, 0.2) is 35.0 Å². The van der Waals surface area contributed by atoms with Crippen LogP contribution in [0.4, 0.5) is 10.5 Å². The number of hydrogen-bond donors (Lipinski definition) is 1. The molecule has 3 aromatic rings. The zero-order valence-electron chi connectivity index (χ0n) is 17.6. The Morgan fingerprint density at radius 1 is 1.29 bits per heavy atom. The monoisotopic (exact) mass is 438 g/mol. The molecule has 31 heavy (non-hydrogen) atoms. The molecule has 3 heterocycles. The van der Waals surface area contributed by atoms with Gasteiger partial charge >= 0.3 is 6.03 Å². The molecule has 1 aliphatic heterocycles. The van der Waals surface area contributed by atoms with Crippen molar-refractivity contribution in [1.82, 2.24) is 25.2 Å². The van der Waals surface area contributed by atoms with Crippen LogP contribution in [0, 0.1) is 19.8 Å². The summed E-state index contributed by atoms with van der Waals surface area (Å²) in [4.78, 5) is 19.7. The van der Waals surface area contributed by atoms with Crippen molar-refractivity contribution in [2.75, 3.05) is 5.32 Å². The first-order valence-electron chi connectivity index (χ1n) is 10.4. The van der Waals surface area contributed by atoms with Gasteiger partial charge in [0.15, 0.2) is 5.82 Å². The zero-order chi connectivity index (χ0) is 21.8. The Morgan fingerprint density at radius 3 is 2.87 bits per heavy atom. The number of hydrogen-bond acceptors (Lipinski definition) is 6. The van der Waals surface area contributed by atoms with Gasteiger partial charge in [-0.2, -0.15) is 15.2 Å². The number of nitrogens with one attached hydrogen (secondary N) is 1. The van der Waals surface area contributed by atoms with Crippen molar-refractivity contribution in [3.05, 3.63) is 52.8 Å². The summed E-state index contributed by atoms with van der Waals surface area (Å²) < 4.78 is 5.52. The molecule has 2 aliphatic rings. The molecule has 1 saturated carbocycles. The Labute approximate surface area is 185 Å². The largest absolute Gasteiger partial charge is 0.337 e. The number of anilines is 1. The second-order valence-electron chi connectivity index (χ2n) is 8.67. The summed E-state index contributed by atoms with van der Waals surface area (Å²) in [6.45, 7) is 5.98. The van der Waals surface area contributed by atoms with Crippen molar-refractivity contribution in [1.29, 1.82) is 0 Å². The minimum atomic E-state index is -0.528. The van der Waals surface area contributed by atoms with Gasteiger partial charge in [-0.3, -0.25) is 0 Å². The number of nitrogens with zero attached hydrogens (tertiary/aromatic N) is 5. The second kappa shape index (κ2) is 7.30. The maximum atomic E-state index is 13.4. The summed E-state index contributed by atoms with van der Waals surface area (Å²) in [6.07, 6.45) is 4.13. The van der Waals surface area contributed by atoms with E-state index in [2.05, 4.69) is 32.6 Å². The van der Waals surface area contributed by atoms with Crippen molar-refractivity contribution in [2.24, 2.45) is 5.92 Å². The summed E-state index contributed by atoms with van der Waals surface area (Å²) in [5.41, 5.74) is 2.70. The fourth-order valence-corrected chi connectivity index (χ4v) is 5.22. The standard InChI is InChI=1S/C22H23ClN6O2/c1-12-6-17-10-22(9-12,20-25-14(3)28-31-20)29(17)21(30)26-16-5-4-13(2)18(8-16)19-7-15(23)11-24-27-19/h4-5,7-8,11-12,17H,6,9-10H2,1-3H3,(H,26,30)/t12?,17-,22?/m1/s1. The fourth-order valence-electron chi connectivity index (χ4n) is 5.07. The quantitative estimate of drug-likeness (QED) is 0.635. The van der Waals surface area contributed by atoms with Crippen molar-refractivity contribution in [2.45, 2.75) is 51.6 Å². The predicted molar refractivity (Wildman–Crippen MR) is 116 cm³/mol. The molecular formula is C22H23ClN6O2. The Morgan fingerprint density at radius 2 is 2.13 bits per heavy atom. The maximum absolute atomic E-state index is 13.4. The molecule has 3 atom stereocenters. The molecule has 8 nitrogen and oxygen atoms in total. The van der Waals surface area contributed by atoms with Crippen LogP contribution < -0.4 is 5.32 Å². The van der Waals surface area contributed by atoms with E-state index in [1.54, 1.807) is 13.0 Å². The number of carbonyl (C=O) groups is 1. The van der Waals surface area contributed by atoms with Gasteiger partial charge in [0.1, 0.15) is 5.54 Å². The lowest BCUT2D eigenvalue weighted by Crippen LogP contribution is -2.70. The van der Waals surface area contributed by atoms with Crippen molar-refractivity contribution in [3.63, 3.8) is 0 Å². The normalized spacial score (nSPS) is 24.6. The van der Waals surface area contributed by atoms with Gasteiger partial charge in [-0.05, 0) is 56.4 Å². The van der Waals surface area contributed by atoms with Gasteiger partial charge in [0, 0.05) is 23.7 Å². The van der Waals surface area contributed by atoms with E-state index in [-0.39, 0.29) is 12.1 Å². The van der Waals surface area contributed by atoms with Gasteiger partial charge in [0.25, 0.3) is 5.89 Å². The molecule has 0 spiro atoms. The van der Waals surface area contributed by atoms with Crippen LogP contribution in [-0.4, -0.2) is 37.3 Å². The van der Waals surface area contributed by atoms with Crippen molar-refractivity contribution >= 4 is 23.3 Å². The highest BCUT2D eigenvalue weighted by Crippen LogP contribution is 2.55.